The molecule has 0 aliphatic heterocycles. The number of aryl methyl sites for hydroxylation is 1. The van der Waals surface area contributed by atoms with Gasteiger partial charge in [-0.3, -0.25) is 19.4 Å². The molecule has 4 aromatic rings. The maximum atomic E-state index is 12.8. The molecule has 0 saturated carbocycles. The molecule has 0 aliphatic carbocycles. The van der Waals surface area contributed by atoms with Gasteiger partial charge in [-0.15, -0.1) is 0 Å². The average Bonchev–Trinajstić information content (AvgIpc) is 3.49. The normalized spacial score (nSPS) is 11.5. The minimum atomic E-state index is -0.981. The summed E-state index contributed by atoms with van der Waals surface area (Å²) in [5.74, 6) is -0.0418. The van der Waals surface area contributed by atoms with Gasteiger partial charge in [0.05, 0.1) is 29.2 Å². The van der Waals surface area contributed by atoms with E-state index in [2.05, 4.69) is 36.2 Å². The predicted molar refractivity (Wildman–Crippen MR) is 126 cm³/mol. The Morgan fingerprint density at radius 1 is 1.24 bits per heavy atom. The highest BCUT2D eigenvalue weighted by molar-refractivity contribution is 7.17. The number of fused-ring (bicyclic) bond motifs is 1. The SMILES string of the molecule is Cc1ccc2[nH]ncc2c1NC(=O)c1cnc(Nc2ccn(CC(=O)NCC(C)(C)O)n2)s1. The summed E-state index contributed by atoms with van der Waals surface area (Å²) < 4.78 is 1.47. The molecule has 3 aromatic heterocycles. The summed E-state index contributed by atoms with van der Waals surface area (Å²) >= 11 is 1.19. The largest absolute Gasteiger partial charge is 0.389 e. The van der Waals surface area contributed by atoms with Crippen LogP contribution >= 0.6 is 11.3 Å². The zero-order chi connectivity index (χ0) is 23.6. The van der Waals surface area contributed by atoms with E-state index in [1.165, 1.54) is 22.2 Å². The first-order chi connectivity index (χ1) is 15.7. The van der Waals surface area contributed by atoms with Gasteiger partial charge in [0.15, 0.2) is 10.9 Å². The molecule has 0 unspecified atom stereocenters. The van der Waals surface area contributed by atoms with Crippen LogP contribution in [0.1, 0.15) is 29.1 Å². The van der Waals surface area contributed by atoms with Crippen LogP contribution in [0.3, 0.4) is 0 Å². The first-order valence-electron chi connectivity index (χ1n) is 10.2. The number of carbonyl (C=O) groups excluding carboxylic acids is 2. The Balaban J connectivity index is 1.37. The van der Waals surface area contributed by atoms with Crippen molar-refractivity contribution in [3.8, 4) is 0 Å². The van der Waals surface area contributed by atoms with Crippen LogP contribution in [0.4, 0.5) is 16.6 Å². The summed E-state index contributed by atoms with van der Waals surface area (Å²) in [4.78, 5) is 29.4. The number of nitrogens with one attached hydrogen (secondary N) is 4. The third-order valence-corrected chi connectivity index (χ3v) is 5.61. The number of aliphatic hydroxyl groups is 1. The Kier molecular flexibility index (Phi) is 6.11. The lowest BCUT2D eigenvalue weighted by Crippen LogP contribution is -2.39. The molecule has 12 heteroatoms. The van der Waals surface area contributed by atoms with Crippen LogP contribution in [0.15, 0.2) is 36.8 Å². The zero-order valence-corrected chi connectivity index (χ0v) is 19.2. The van der Waals surface area contributed by atoms with E-state index in [1.807, 2.05) is 19.1 Å². The standard InChI is InChI=1S/C21H24N8O3S/c1-12-4-5-14-13(8-24-27-14)18(12)26-19(31)15-9-22-20(33-15)25-16-6-7-29(28-16)10-17(30)23-11-21(2,3)32/h4-9,32H,10-11H2,1-3H3,(H,23,30)(H,24,27)(H,26,31)(H,22,25,28). The van der Waals surface area contributed by atoms with E-state index in [0.717, 1.165) is 16.5 Å². The summed E-state index contributed by atoms with van der Waals surface area (Å²) in [6.45, 7) is 5.32. The summed E-state index contributed by atoms with van der Waals surface area (Å²) in [5.41, 5.74) is 1.49. The zero-order valence-electron chi connectivity index (χ0n) is 18.3. The molecule has 33 heavy (non-hydrogen) atoms. The van der Waals surface area contributed by atoms with Crippen molar-refractivity contribution in [3.05, 3.63) is 47.2 Å². The summed E-state index contributed by atoms with van der Waals surface area (Å²) in [6, 6.07) is 5.53. The van der Waals surface area contributed by atoms with Gasteiger partial charge in [0.1, 0.15) is 11.4 Å². The lowest BCUT2D eigenvalue weighted by Gasteiger charge is -2.17. The van der Waals surface area contributed by atoms with Crippen LogP contribution in [0.2, 0.25) is 0 Å². The van der Waals surface area contributed by atoms with Gasteiger partial charge >= 0.3 is 0 Å². The van der Waals surface area contributed by atoms with E-state index in [0.29, 0.717) is 21.5 Å². The maximum Gasteiger partial charge on any atom is 0.267 e. The number of benzene rings is 1. The van der Waals surface area contributed by atoms with Crippen molar-refractivity contribution >= 4 is 50.7 Å². The molecule has 172 valence electrons. The van der Waals surface area contributed by atoms with Crippen LogP contribution < -0.4 is 16.0 Å². The Labute approximate surface area is 193 Å². The van der Waals surface area contributed by atoms with Crippen LogP contribution in [-0.4, -0.2) is 54.0 Å². The van der Waals surface area contributed by atoms with Gasteiger partial charge in [-0.1, -0.05) is 17.4 Å². The van der Waals surface area contributed by atoms with E-state index < -0.39 is 5.60 Å². The second-order valence-electron chi connectivity index (χ2n) is 8.19. The highest BCUT2D eigenvalue weighted by atomic mass is 32.1. The molecule has 11 nitrogen and oxygen atoms in total. The van der Waals surface area contributed by atoms with Crippen molar-refractivity contribution in [1.82, 2.24) is 30.3 Å². The number of rotatable bonds is 8. The number of amides is 2. The molecule has 0 saturated heterocycles. The minimum absolute atomic E-state index is 0.0161. The fourth-order valence-electron chi connectivity index (χ4n) is 3.05. The number of nitrogens with zero attached hydrogens (tertiary/aromatic N) is 4. The number of anilines is 3. The highest BCUT2D eigenvalue weighted by Crippen LogP contribution is 2.28. The summed E-state index contributed by atoms with van der Waals surface area (Å²) in [5, 5.41) is 30.9. The van der Waals surface area contributed by atoms with Gasteiger partial charge < -0.3 is 21.1 Å². The maximum absolute atomic E-state index is 12.8. The lowest BCUT2D eigenvalue weighted by atomic mass is 10.1. The Bertz CT molecular complexity index is 1300. The number of H-pyrrole nitrogens is 1. The summed E-state index contributed by atoms with van der Waals surface area (Å²) in [7, 11) is 0. The van der Waals surface area contributed by atoms with Crippen molar-refractivity contribution in [3.63, 3.8) is 0 Å². The molecule has 0 aliphatic rings. The van der Waals surface area contributed by atoms with Gasteiger partial charge in [-0.25, -0.2) is 4.98 Å². The molecule has 5 N–H and O–H groups in total. The number of aromatic amines is 1. The topological polar surface area (TPSA) is 150 Å². The molecule has 0 radical (unpaired) electrons. The molecule has 0 atom stereocenters. The van der Waals surface area contributed by atoms with Gasteiger partial charge in [-0.05, 0) is 32.4 Å². The molecular formula is C21H24N8O3S. The van der Waals surface area contributed by atoms with Crippen molar-refractivity contribution in [2.75, 3.05) is 17.2 Å². The third kappa shape index (κ3) is 5.54. The average molecular weight is 469 g/mol. The third-order valence-electron chi connectivity index (χ3n) is 4.70. The molecule has 0 bridgehead atoms. The summed E-state index contributed by atoms with van der Waals surface area (Å²) in [6.07, 6.45) is 4.83. The van der Waals surface area contributed by atoms with Crippen LogP contribution in [0.25, 0.3) is 10.9 Å². The molecule has 1 aromatic carbocycles. The van der Waals surface area contributed by atoms with Crippen molar-refractivity contribution in [1.29, 1.82) is 0 Å². The fourth-order valence-corrected chi connectivity index (χ4v) is 3.77. The number of aromatic nitrogens is 5. The predicted octanol–water partition coefficient (Wildman–Crippen LogP) is 2.41. The number of hydrogen-bond acceptors (Lipinski definition) is 8. The van der Waals surface area contributed by atoms with Crippen molar-refractivity contribution in [2.24, 2.45) is 0 Å². The van der Waals surface area contributed by atoms with E-state index in [-0.39, 0.29) is 24.9 Å². The molecule has 3 heterocycles. The van der Waals surface area contributed by atoms with Gasteiger partial charge in [0, 0.05) is 24.2 Å². The van der Waals surface area contributed by atoms with Crippen molar-refractivity contribution in [2.45, 2.75) is 32.9 Å². The van der Waals surface area contributed by atoms with E-state index in [1.54, 1.807) is 32.3 Å². The van der Waals surface area contributed by atoms with Crippen molar-refractivity contribution < 1.29 is 14.7 Å². The number of carbonyl (C=O) groups is 2. The second-order valence-corrected chi connectivity index (χ2v) is 9.22. The van der Waals surface area contributed by atoms with E-state index in [4.69, 9.17) is 0 Å². The van der Waals surface area contributed by atoms with E-state index >= 15 is 0 Å². The quantitative estimate of drug-likeness (QED) is 0.266. The van der Waals surface area contributed by atoms with Crippen LogP contribution in [-0.2, 0) is 11.3 Å². The van der Waals surface area contributed by atoms with Crippen LogP contribution in [0, 0.1) is 6.92 Å². The second kappa shape index (κ2) is 9.00. The van der Waals surface area contributed by atoms with E-state index in [9.17, 15) is 14.7 Å². The monoisotopic (exact) mass is 468 g/mol. The van der Waals surface area contributed by atoms with Gasteiger partial charge in [-0.2, -0.15) is 10.2 Å². The fraction of sp³-hybridized carbons (Fsp3) is 0.286. The molecule has 0 spiro atoms. The first kappa shape index (κ1) is 22.4. The number of hydrogen-bond donors (Lipinski definition) is 5. The molecule has 2 amide bonds. The van der Waals surface area contributed by atoms with Crippen LogP contribution in [0.5, 0.6) is 0 Å². The minimum Gasteiger partial charge on any atom is -0.389 e. The van der Waals surface area contributed by atoms with Gasteiger partial charge in [0.2, 0.25) is 5.91 Å². The smallest absolute Gasteiger partial charge is 0.267 e. The lowest BCUT2D eigenvalue weighted by molar-refractivity contribution is -0.122. The molecular weight excluding hydrogens is 444 g/mol. The highest BCUT2D eigenvalue weighted by Gasteiger charge is 2.16. The Morgan fingerprint density at radius 3 is 2.85 bits per heavy atom. The molecule has 0 fully saturated rings. The Morgan fingerprint density at radius 2 is 2.06 bits per heavy atom. The van der Waals surface area contributed by atoms with Gasteiger partial charge in [0.25, 0.3) is 5.91 Å². The molecule has 4 rings (SSSR count). The number of thiazole rings is 1. The first-order valence-corrected chi connectivity index (χ1v) is 11.0. The Hall–Kier alpha value is -3.77.